The van der Waals surface area contributed by atoms with E-state index in [0.717, 1.165) is 17.5 Å². The normalized spacial score (nSPS) is 10.5. The molecule has 0 aliphatic rings. The summed E-state index contributed by atoms with van der Waals surface area (Å²) in [5.41, 5.74) is 7.63. The van der Waals surface area contributed by atoms with E-state index in [4.69, 9.17) is 33.7 Å². The molecule has 0 saturated heterocycles. The molecule has 100 valence electrons. The van der Waals surface area contributed by atoms with Crippen LogP contribution in [0.25, 0.3) is 0 Å². The molecule has 4 heteroatoms. The number of ether oxygens (including phenoxy) is 1. The maximum Gasteiger partial charge on any atom is 0.146 e. The molecule has 2 aromatic carbocycles. The van der Waals surface area contributed by atoms with Crippen LogP contribution in [-0.4, -0.2) is 6.54 Å². The van der Waals surface area contributed by atoms with Crippen LogP contribution < -0.4 is 10.5 Å². The minimum atomic E-state index is 0.573. The average molecular weight is 296 g/mol. The van der Waals surface area contributed by atoms with Crippen molar-refractivity contribution < 1.29 is 4.74 Å². The molecular weight excluding hydrogens is 281 g/mol. The van der Waals surface area contributed by atoms with Gasteiger partial charge in [-0.15, -0.1) is 0 Å². The Morgan fingerprint density at radius 2 is 1.84 bits per heavy atom. The van der Waals surface area contributed by atoms with Crippen molar-refractivity contribution in [3.05, 3.63) is 57.6 Å². The summed E-state index contributed by atoms with van der Waals surface area (Å²) in [5.74, 6) is 1.28. The van der Waals surface area contributed by atoms with Gasteiger partial charge in [-0.05, 0) is 55.3 Å². The first-order valence-corrected chi connectivity index (χ1v) is 6.78. The number of aryl methyl sites for hydroxylation is 1. The summed E-state index contributed by atoms with van der Waals surface area (Å²) in [5, 5.41) is 1.24. The summed E-state index contributed by atoms with van der Waals surface area (Å²) < 4.78 is 5.73. The quantitative estimate of drug-likeness (QED) is 0.895. The van der Waals surface area contributed by atoms with E-state index < -0.39 is 0 Å². The van der Waals surface area contributed by atoms with E-state index in [1.54, 1.807) is 6.07 Å². The van der Waals surface area contributed by atoms with E-state index in [1.807, 2.05) is 37.3 Å². The van der Waals surface area contributed by atoms with E-state index in [2.05, 4.69) is 0 Å². The first kappa shape index (κ1) is 14.2. The van der Waals surface area contributed by atoms with Crippen molar-refractivity contribution in [2.75, 3.05) is 6.54 Å². The molecule has 0 spiro atoms. The standard InChI is InChI=1S/C15H15Cl2NO/c1-10-2-5-15(14(17)8-10)19-12-4-3-11(6-7-18)13(16)9-12/h2-5,8-9H,6-7,18H2,1H3. The van der Waals surface area contributed by atoms with Gasteiger partial charge in [-0.25, -0.2) is 0 Å². The molecule has 0 aromatic heterocycles. The van der Waals surface area contributed by atoms with Crippen LogP contribution in [0.3, 0.4) is 0 Å². The van der Waals surface area contributed by atoms with Crippen molar-refractivity contribution in [1.82, 2.24) is 0 Å². The van der Waals surface area contributed by atoms with E-state index in [-0.39, 0.29) is 0 Å². The summed E-state index contributed by atoms with van der Waals surface area (Å²) >= 11 is 12.3. The second kappa shape index (κ2) is 6.29. The van der Waals surface area contributed by atoms with Gasteiger partial charge < -0.3 is 10.5 Å². The molecule has 19 heavy (non-hydrogen) atoms. The minimum Gasteiger partial charge on any atom is -0.456 e. The molecule has 0 amide bonds. The molecule has 0 aliphatic heterocycles. The van der Waals surface area contributed by atoms with Crippen molar-refractivity contribution in [1.29, 1.82) is 0 Å². The van der Waals surface area contributed by atoms with Crippen LogP contribution in [0.1, 0.15) is 11.1 Å². The van der Waals surface area contributed by atoms with Crippen LogP contribution in [-0.2, 0) is 6.42 Å². The zero-order chi connectivity index (χ0) is 13.8. The Morgan fingerprint density at radius 1 is 1.05 bits per heavy atom. The molecule has 0 bridgehead atoms. The molecule has 0 radical (unpaired) electrons. The summed E-state index contributed by atoms with van der Waals surface area (Å²) in [6.45, 7) is 2.55. The van der Waals surface area contributed by atoms with E-state index in [9.17, 15) is 0 Å². The van der Waals surface area contributed by atoms with Gasteiger partial charge in [0.15, 0.2) is 0 Å². The van der Waals surface area contributed by atoms with Crippen LogP contribution in [0.5, 0.6) is 11.5 Å². The van der Waals surface area contributed by atoms with Crippen LogP contribution in [0.4, 0.5) is 0 Å². The average Bonchev–Trinajstić information content (AvgIpc) is 2.36. The lowest BCUT2D eigenvalue weighted by Gasteiger charge is -2.10. The highest BCUT2D eigenvalue weighted by molar-refractivity contribution is 6.32. The number of rotatable bonds is 4. The Balaban J connectivity index is 2.21. The van der Waals surface area contributed by atoms with E-state index in [1.165, 1.54) is 0 Å². The fraction of sp³-hybridized carbons (Fsp3) is 0.200. The second-order valence-electron chi connectivity index (χ2n) is 4.33. The molecule has 0 saturated carbocycles. The van der Waals surface area contributed by atoms with Crippen molar-refractivity contribution >= 4 is 23.2 Å². The molecule has 0 unspecified atom stereocenters. The lowest BCUT2D eigenvalue weighted by molar-refractivity contribution is 0.482. The monoisotopic (exact) mass is 295 g/mol. The van der Waals surface area contributed by atoms with Gasteiger partial charge in [0.25, 0.3) is 0 Å². The zero-order valence-corrected chi connectivity index (χ0v) is 12.1. The van der Waals surface area contributed by atoms with Gasteiger partial charge >= 0.3 is 0 Å². The molecule has 2 aromatic rings. The third kappa shape index (κ3) is 3.63. The highest BCUT2D eigenvalue weighted by atomic mass is 35.5. The van der Waals surface area contributed by atoms with Gasteiger partial charge in [0.05, 0.1) is 5.02 Å². The predicted octanol–water partition coefficient (Wildman–Crippen LogP) is 4.60. The zero-order valence-electron chi connectivity index (χ0n) is 10.6. The first-order valence-electron chi connectivity index (χ1n) is 6.02. The maximum atomic E-state index is 6.17. The summed E-state index contributed by atoms with van der Waals surface area (Å²) in [6, 6.07) is 11.2. The maximum absolute atomic E-state index is 6.17. The molecule has 0 heterocycles. The minimum absolute atomic E-state index is 0.573. The summed E-state index contributed by atoms with van der Waals surface area (Å²) in [4.78, 5) is 0. The summed E-state index contributed by atoms with van der Waals surface area (Å²) in [7, 11) is 0. The lowest BCUT2D eigenvalue weighted by atomic mass is 10.1. The number of nitrogens with two attached hydrogens (primary N) is 1. The Hall–Kier alpha value is -1.22. The number of hydrogen-bond acceptors (Lipinski definition) is 2. The van der Waals surface area contributed by atoms with Crippen LogP contribution in [0, 0.1) is 6.92 Å². The molecule has 0 atom stereocenters. The highest BCUT2D eigenvalue weighted by Crippen LogP contribution is 2.32. The fourth-order valence-corrected chi connectivity index (χ4v) is 2.30. The van der Waals surface area contributed by atoms with Gasteiger partial charge in [0, 0.05) is 5.02 Å². The van der Waals surface area contributed by atoms with Gasteiger partial charge in [-0.1, -0.05) is 35.3 Å². The van der Waals surface area contributed by atoms with Crippen molar-refractivity contribution in [3.8, 4) is 11.5 Å². The first-order chi connectivity index (χ1) is 9.10. The third-order valence-corrected chi connectivity index (χ3v) is 3.40. The van der Waals surface area contributed by atoms with Gasteiger partial charge in [-0.2, -0.15) is 0 Å². The molecule has 2 nitrogen and oxygen atoms in total. The number of benzene rings is 2. The van der Waals surface area contributed by atoms with Gasteiger partial charge in [-0.3, -0.25) is 0 Å². The third-order valence-electron chi connectivity index (χ3n) is 2.75. The van der Waals surface area contributed by atoms with Crippen molar-refractivity contribution in [2.24, 2.45) is 5.73 Å². The van der Waals surface area contributed by atoms with E-state index >= 15 is 0 Å². The summed E-state index contributed by atoms with van der Waals surface area (Å²) in [6.07, 6.45) is 0.754. The van der Waals surface area contributed by atoms with Crippen LogP contribution >= 0.6 is 23.2 Å². The number of halogens is 2. The van der Waals surface area contributed by atoms with Crippen LogP contribution in [0.15, 0.2) is 36.4 Å². The molecule has 0 fully saturated rings. The Labute approximate surface area is 123 Å². The smallest absolute Gasteiger partial charge is 0.146 e. The van der Waals surface area contributed by atoms with Crippen LogP contribution in [0.2, 0.25) is 10.0 Å². The van der Waals surface area contributed by atoms with Gasteiger partial charge in [0.1, 0.15) is 11.5 Å². The fourth-order valence-electron chi connectivity index (χ4n) is 1.77. The molecule has 0 aliphatic carbocycles. The van der Waals surface area contributed by atoms with Crippen molar-refractivity contribution in [3.63, 3.8) is 0 Å². The number of hydrogen-bond donors (Lipinski definition) is 1. The Bertz CT molecular complexity index is 584. The largest absolute Gasteiger partial charge is 0.456 e. The van der Waals surface area contributed by atoms with Crippen molar-refractivity contribution in [2.45, 2.75) is 13.3 Å². The lowest BCUT2D eigenvalue weighted by Crippen LogP contribution is -2.03. The Morgan fingerprint density at radius 3 is 2.47 bits per heavy atom. The molecule has 2 rings (SSSR count). The SMILES string of the molecule is Cc1ccc(Oc2ccc(CCN)c(Cl)c2)c(Cl)c1. The van der Waals surface area contributed by atoms with Gasteiger partial charge in [0.2, 0.25) is 0 Å². The highest BCUT2D eigenvalue weighted by Gasteiger charge is 2.06. The van der Waals surface area contributed by atoms with E-state index in [0.29, 0.717) is 28.1 Å². The molecule has 2 N–H and O–H groups in total. The predicted molar refractivity (Wildman–Crippen MR) is 80.5 cm³/mol. The Kier molecular flexibility index (Phi) is 4.70. The topological polar surface area (TPSA) is 35.2 Å². The molecular formula is C15H15Cl2NO. The second-order valence-corrected chi connectivity index (χ2v) is 5.14.